The lowest BCUT2D eigenvalue weighted by Crippen LogP contribution is -2.48. The molecule has 1 fully saturated rings. The van der Waals surface area contributed by atoms with Crippen LogP contribution in [0.1, 0.15) is 18.1 Å². The summed E-state index contributed by atoms with van der Waals surface area (Å²) in [6.07, 6.45) is 0. The summed E-state index contributed by atoms with van der Waals surface area (Å²) < 4.78 is 32.8. The fourth-order valence-electron chi connectivity index (χ4n) is 3.37. The number of nitrogens with one attached hydrogen (secondary N) is 1. The second-order valence-electron chi connectivity index (χ2n) is 7.40. The van der Waals surface area contributed by atoms with Gasteiger partial charge in [0.25, 0.3) is 5.91 Å². The summed E-state index contributed by atoms with van der Waals surface area (Å²) in [5, 5.41) is 2.74. The number of carbonyl (C=O) groups is 1. The molecular weight excluding hydrogens is 402 g/mol. The Kier molecular flexibility index (Phi) is 7.12. The monoisotopic (exact) mass is 431 g/mol. The highest BCUT2D eigenvalue weighted by atomic mass is 32.2. The fourth-order valence-corrected chi connectivity index (χ4v) is 4.79. The first-order chi connectivity index (χ1) is 14.3. The summed E-state index contributed by atoms with van der Waals surface area (Å²) in [4.78, 5) is 14.7. The number of nitrogens with zero attached hydrogens (tertiary/aromatic N) is 2. The average Bonchev–Trinajstić information content (AvgIpc) is 2.75. The Hall–Kier alpha value is -2.42. The molecular formula is C22H29N3O4S. The summed E-state index contributed by atoms with van der Waals surface area (Å²) in [6, 6.07) is 12.0. The van der Waals surface area contributed by atoms with Crippen LogP contribution in [0, 0.1) is 13.8 Å². The van der Waals surface area contributed by atoms with Crippen LogP contribution in [0.5, 0.6) is 5.75 Å². The van der Waals surface area contributed by atoms with Crippen LogP contribution in [0.25, 0.3) is 0 Å². The summed E-state index contributed by atoms with van der Waals surface area (Å²) in [5.74, 6) is 0.372. The third-order valence-corrected chi connectivity index (χ3v) is 7.38. The Morgan fingerprint density at radius 1 is 1.03 bits per heavy atom. The first kappa shape index (κ1) is 22.3. The third kappa shape index (κ3) is 5.19. The molecule has 7 nitrogen and oxygen atoms in total. The van der Waals surface area contributed by atoms with E-state index in [4.69, 9.17) is 4.74 Å². The van der Waals surface area contributed by atoms with Crippen LogP contribution in [0.15, 0.2) is 47.4 Å². The van der Waals surface area contributed by atoms with E-state index in [2.05, 4.69) is 17.1 Å². The van der Waals surface area contributed by atoms with Crippen molar-refractivity contribution in [2.24, 2.45) is 0 Å². The van der Waals surface area contributed by atoms with E-state index in [1.165, 1.54) is 16.4 Å². The van der Waals surface area contributed by atoms with E-state index in [0.29, 0.717) is 24.5 Å². The molecule has 0 atom stereocenters. The number of rotatable bonds is 7. The van der Waals surface area contributed by atoms with Crippen LogP contribution >= 0.6 is 0 Å². The largest absolute Gasteiger partial charge is 0.483 e. The third-order valence-electron chi connectivity index (χ3n) is 5.47. The van der Waals surface area contributed by atoms with Crippen LogP contribution in [0.3, 0.4) is 0 Å². The number of hydrogen-bond acceptors (Lipinski definition) is 5. The van der Waals surface area contributed by atoms with Gasteiger partial charge in [0, 0.05) is 31.9 Å². The summed E-state index contributed by atoms with van der Waals surface area (Å²) in [7, 11) is -3.52. The van der Waals surface area contributed by atoms with Gasteiger partial charge in [-0.05, 0) is 61.9 Å². The summed E-state index contributed by atoms with van der Waals surface area (Å²) >= 11 is 0. The number of benzene rings is 2. The van der Waals surface area contributed by atoms with Crippen molar-refractivity contribution >= 4 is 21.6 Å². The Balaban J connectivity index is 1.57. The lowest BCUT2D eigenvalue weighted by molar-refractivity contribution is -0.118. The van der Waals surface area contributed by atoms with Crippen molar-refractivity contribution in [3.8, 4) is 5.75 Å². The number of aryl methyl sites for hydroxylation is 1. The quantitative estimate of drug-likeness (QED) is 0.729. The van der Waals surface area contributed by atoms with E-state index in [0.717, 1.165) is 30.8 Å². The molecule has 0 radical (unpaired) electrons. The molecule has 8 heteroatoms. The smallest absolute Gasteiger partial charge is 0.262 e. The topological polar surface area (TPSA) is 79.0 Å². The lowest BCUT2D eigenvalue weighted by atomic mass is 10.1. The number of piperazine rings is 1. The second-order valence-corrected chi connectivity index (χ2v) is 9.34. The van der Waals surface area contributed by atoms with Crippen molar-refractivity contribution in [1.29, 1.82) is 0 Å². The van der Waals surface area contributed by atoms with Gasteiger partial charge in [0.05, 0.1) is 4.90 Å². The van der Waals surface area contributed by atoms with Crippen LogP contribution in [-0.4, -0.2) is 62.9 Å². The van der Waals surface area contributed by atoms with Gasteiger partial charge in [-0.3, -0.25) is 4.79 Å². The Morgan fingerprint density at radius 2 is 1.70 bits per heavy atom. The highest BCUT2D eigenvalue weighted by Crippen LogP contribution is 2.21. The molecule has 0 bridgehead atoms. The van der Waals surface area contributed by atoms with E-state index < -0.39 is 10.0 Å². The van der Waals surface area contributed by atoms with Crippen molar-refractivity contribution in [3.63, 3.8) is 0 Å². The van der Waals surface area contributed by atoms with Gasteiger partial charge in [-0.25, -0.2) is 8.42 Å². The molecule has 2 aromatic carbocycles. The molecule has 30 heavy (non-hydrogen) atoms. The highest BCUT2D eigenvalue weighted by molar-refractivity contribution is 7.89. The number of anilines is 1. The van der Waals surface area contributed by atoms with Crippen molar-refractivity contribution < 1.29 is 17.9 Å². The minimum Gasteiger partial charge on any atom is -0.483 e. The number of amides is 1. The maximum atomic E-state index is 12.8. The van der Waals surface area contributed by atoms with Crippen molar-refractivity contribution in [3.05, 3.63) is 53.6 Å². The van der Waals surface area contributed by atoms with Gasteiger partial charge in [0.15, 0.2) is 6.61 Å². The first-order valence-electron chi connectivity index (χ1n) is 10.1. The van der Waals surface area contributed by atoms with E-state index in [1.54, 1.807) is 12.1 Å². The van der Waals surface area contributed by atoms with Gasteiger partial charge in [-0.15, -0.1) is 0 Å². The van der Waals surface area contributed by atoms with Gasteiger partial charge in [0.2, 0.25) is 10.0 Å². The van der Waals surface area contributed by atoms with Crippen LogP contribution in [0.4, 0.5) is 5.69 Å². The molecule has 0 spiro atoms. The van der Waals surface area contributed by atoms with Gasteiger partial charge in [-0.2, -0.15) is 4.31 Å². The highest BCUT2D eigenvalue weighted by Gasteiger charge is 2.27. The number of hydrogen-bond donors (Lipinski definition) is 1. The molecule has 0 unspecified atom stereocenters. The molecule has 1 saturated heterocycles. The second kappa shape index (κ2) is 9.59. The van der Waals surface area contributed by atoms with E-state index in [9.17, 15) is 13.2 Å². The minimum absolute atomic E-state index is 0.119. The lowest BCUT2D eigenvalue weighted by Gasteiger charge is -2.33. The zero-order chi connectivity index (χ0) is 21.7. The SMILES string of the molecule is CCN1CCN(S(=O)(=O)c2ccc(NC(=O)COc3cccc(C)c3C)cc2)CC1. The first-order valence-corrected chi connectivity index (χ1v) is 11.6. The molecule has 162 valence electrons. The maximum absolute atomic E-state index is 12.8. The van der Waals surface area contributed by atoms with Crippen LogP contribution in [0.2, 0.25) is 0 Å². The van der Waals surface area contributed by atoms with Crippen molar-refractivity contribution in [1.82, 2.24) is 9.21 Å². The summed E-state index contributed by atoms with van der Waals surface area (Å²) in [6.45, 7) is 9.28. The predicted octanol–water partition coefficient (Wildman–Crippen LogP) is 2.65. The average molecular weight is 432 g/mol. The van der Waals surface area contributed by atoms with Gasteiger partial charge in [-0.1, -0.05) is 19.1 Å². The standard InChI is InChI=1S/C22H29N3O4S/c1-4-24-12-14-25(15-13-24)30(27,28)20-10-8-19(9-11-20)23-22(26)16-29-21-7-5-6-17(2)18(21)3/h5-11H,4,12-16H2,1-3H3,(H,23,26). The molecule has 1 aliphatic rings. The Labute approximate surface area is 178 Å². The molecule has 1 amide bonds. The number of sulfonamides is 1. The summed E-state index contributed by atoms with van der Waals surface area (Å²) in [5.41, 5.74) is 2.62. The van der Waals surface area contributed by atoms with Crippen molar-refractivity contribution in [2.75, 3.05) is 44.6 Å². The molecule has 0 aliphatic carbocycles. The molecule has 2 aromatic rings. The van der Waals surface area contributed by atoms with Gasteiger partial charge in [0.1, 0.15) is 5.75 Å². The molecule has 1 aliphatic heterocycles. The van der Waals surface area contributed by atoms with E-state index in [1.807, 2.05) is 32.0 Å². The molecule has 1 N–H and O–H groups in total. The Morgan fingerprint density at radius 3 is 2.33 bits per heavy atom. The Bertz CT molecular complexity index is 982. The fraction of sp³-hybridized carbons (Fsp3) is 0.409. The van der Waals surface area contributed by atoms with E-state index in [-0.39, 0.29) is 17.4 Å². The van der Waals surface area contributed by atoms with Crippen LogP contribution in [-0.2, 0) is 14.8 Å². The van der Waals surface area contributed by atoms with Gasteiger partial charge >= 0.3 is 0 Å². The molecule has 1 heterocycles. The van der Waals surface area contributed by atoms with Crippen LogP contribution < -0.4 is 10.1 Å². The molecule has 3 rings (SSSR count). The molecule has 0 saturated carbocycles. The van der Waals surface area contributed by atoms with Gasteiger partial charge < -0.3 is 15.0 Å². The number of ether oxygens (including phenoxy) is 1. The number of likely N-dealkylation sites (N-methyl/N-ethyl adjacent to an activating group) is 1. The zero-order valence-electron chi connectivity index (χ0n) is 17.7. The predicted molar refractivity (Wildman–Crippen MR) is 117 cm³/mol. The maximum Gasteiger partial charge on any atom is 0.262 e. The van der Waals surface area contributed by atoms with Crippen molar-refractivity contribution in [2.45, 2.75) is 25.7 Å². The minimum atomic E-state index is -3.52. The number of carbonyl (C=O) groups excluding carboxylic acids is 1. The zero-order valence-corrected chi connectivity index (χ0v) is 18.5. The normalized spacial score (nSPS) is 15.7. The van der Waals surface area contributed by atoms with E-state index >= 15 is 0 Å². The molecule has 0 aromatic heterocycles.